The molecule has 4 atom stereocenters. The fourth-order valence-corrected chi connectivity index (χ4v) is 1.65. The molecule has 1 aliphatic heterocycles. The van der Waals surface area contributed by atoms with Gasteiger partial charge < -0.3 is 25.2 Å². The summed E-state index contributed by atoms with van der Waals surface area (Å²) in [5, 5.41) is 38.8. The Hall–Kier alpha value is -0.200. The van der Waals surface area contributed by atoms with Gasteiger partial charge >= 0.3 is 0 Å². The Balaban J connectivity index is 3.06. The Morgan fingerprint density at radius 1 is 1.21 bits per heavy atom. The molecule has 0 bridgehead atoms. The van der Waals surface area contributed by atoms with E-state index in [1.807, 2.05) is 0 Å². The van der Waals surface area contributed by atoms with E-state index in [1.165, 1.54) is 20.8 Å². The lowest BCUT2D eigenvalue weighted by atomic mass is 9.69. The molecular weight excluding hydrogens is 188 g/mol. The van der Waals surface area contributed by atoms with Gasteiger partial charge in [-0.3, -0.25) is 0 Å². The van der Waals surface area contributed by atoms with Crippen LogP contribution < -0.4 is 0 Å². The van der Waals surface area contributed by atoms with Crippen LogP contribution in [0.3, 0.4) is 0 Å². The zero-order chi connectivity index (χ0) is 11.2. The number of hydrogen-bond acceptors (Lipinski definition) is 5. The van der Waals surface area contributed by atoms with Gasteiger partial charge in [-0.2, -0.15) is 0 Å². The molecule has 84 valence electrons. The molecule has 1 aliphatic rings. The summed E-state index contributed by atoms with van der Waals surface area (Å²) >= 11 is 0. The Bertz CT molecular complexity index is 221. The molecule has 0 radical (unpaired) electrons. The van der Waals surface area contributed by atoms with Crippen LogP contribution in [0.4, 0.5) is 0 Å². The molecule has 0 saturated carbocycles. The molecule has 0 aromatic carbocycles. The van der Waals surface area contributed by atoms with E-state index in [0.29, 0.717) is 0 Å². The Morgan fingerprint density at radius 2 is 1.71 bits per heavy atom. The Labute approximate surface area is 82.9 Å². The third kappa shape index (κ3) is 1.36. The summed E-state index contributed by atoms with van der Waals surface area (Å²) < 4.78 is 5.08. The minimum atomic E-state index is -1.73. The van der Waals surface area contributed by atoms with Gasteiger partial charge in [0, 0.05) is 0 Å². The summed E-state index contributed by atoms with van der Waals surface area (Å²) in [5.41, 5.74) is -4.96. The maximum Gasteiger partial charge on any atom is 0.123 e. The molecule has 1 heterocycles. The fraction of sp³-hybridized carbons (Fsp3) is 1.00. The van der Waals surface area contributed by atoms with Crippen molar-refractivity contribution in [3.63, 3.8) is 0 Å². The molecule has 1 rings (SSSR count). The molecule has 1 saturated heterocycles. The third-order valence-corrected chi connectivity index (χ3v) is 3.39. The van der Waals surface area contributed by atoms with Crippen molar-refractivity contribution in [2.24, 2.45) is 0 Å². The number of ether oxygens (including phenoxy) is 1. The van der Waals surface area contributed by atoms with E-state index in [2.05, 4.69) is 0 Å². The first-order chi connectivity index (χ1) is 6.17. The molecule has 0 spiro atoms. The van der Waals surface area contributed by atoms with Gasteiger partial charge in [-0.25, -0.2) is 0 Å². The molecule has 0 aliphatic carbocycles. The highest BCUT2D eigenvalue weighted by molar-refractivity contribution is 5.12. The fourth-order valence-electron chi connectivity index (χ4n) is 1.65. The van der Waals surface area contributed by atoms with Crippen LogP contribution in [0.25, 0.3) is 0 Å². The summed E-state index contributed by atoms with van der Waals surface area (Å²) in [4.78, 5) is 0. The van der Waals surface area contributed by atoms with Crippen LogP contribution in [0.2, 0.25) is 0 Å². The predicted molar refractivity (Wildman–Crippen MR) is 48.7 cm³/mol. The minimum absolute atomic E-state index is 0.124. The lowest BCUT2D eigenvalue weighted by Crippen LogP contribution is -2.74. The first-order valence-corrected chi connectivity index (χ1v) is 4.56. The molecule has 0 amide bonds. The highest BCUT2D eigenvalue weighted by Gasteiger charge is 2.61. The molecule has 4 unspecified atom stereocenters. The van der Waals surface area contributed by atoms with Crippen molar-refractivity contribution in [2.75, 3.05) is 13.2 Å². The Kier molecular flexibility index (Phi) is 2.67. The zero-order valence-electron chi connectivity index (χ0n) is 8.69. The highest BCUT2D eigenvalue weighted by atomic mass is 16.5. The van der Waals surface area contributed by atoms with Crippen LogP contribution in [0.5, 0.6) is 0 Å². The number of hydrogen-bond donors (Lipinski definition) is 4. The Morgan fingerprint density at radius 3 is 2.14 bits per heavy atom. The minimum Gasteiger partial charge on any atom is -0.394 e. The maximum atomic E-state index is 10.0. The molecule has 5 nitrogen and oxygen atoms in total. The van der Waals surface area contributed by atoms with Crippen molar-refractivity contribution < 1.29 is 25.2 Å². The van der Waals surface area contributed by atoms with Crippen molar-refractivity contribution in [2.45, 2.75) is 43.7 Å². The first kappa shape index (κ1) is 11.9. The van der Waals surface area contributed by atoms with Gasteiger partial charge in [0.15, 0.2) is 0 Å². The summed E-state index contributed by atoms with van der Waals surface area (Å²) in [6, 6.07) is 0. The summed E-state index contributed by atoms with van der Waals surface area (Å²) in [6.07, 6.45) is -0.891. The van der Waals surface area contributed by atoms with Crippen molar-refractivity contribution in [3.05, 3.63) is 0 Å². The number of aliphatic hydroxyl groups is 4. The van der Waals surface area contributed by atoms with Crippen molar-refractivity contribution in [1.82, 2.24) is 0 Å². The lowest BCUT2D eigenvalue weighted by molar-refractivity contribution is -0.318. The van der Waals surface area contributed by atoms with E-state index in [0.717, 1.165) is 0 Å². The van der Waals surface area contributed by atoms with Crippen LogP contribution in [-0.4, -0.2) is 56.5 Å². The standard InChI is InChI=1S/C9H18O5/c1-7(11)5-14-6(4-10)8(2,12)9(7,3)13/h6,10-13H,4-5H2,1-3H3. The van der Waals surface area contributed by atoms with Gasteiger partial charge in [-0.05, 0) is 20.8 Å². The van der Waals surface area contributed by atoms with Crippen LogP contribution in [0, 0.1) is 0 Å². The van der Waals surface area contributed by atoms with E-state index in [9.17, 15) is 15.3 Å². The average molecular weight is 206 g/mol. The smallest absolute Gasteiger partial charge is 0.123 e. The molecule has 4 N–H and O–H groups in total. The van der Waals surface area contributed by atoms with E-state index in [-0.39, 0.29) is 6.61 Å². The predicted octanol–water partition coefficient (Wildman–Crippen LogP) is -1.37. The van der Waals surface area contributed by atoms with Crippen LogP contribution in [0.15, 0.2) is 0 Å². The first-order valence-electron chi connectivity index (χ1n) is 4.56. The van der Waals surface area contributed by atoms with Crippen molar-refractivity contribution >= 4 is 0 Å². The highest BCUT2D eigenvalue weighted by Crippen LogP contribution is 2.40. The van der Waals surface area contributed by atoms with Crippen molar-refractivity contribution in [3.8, 4) is 0 Å². The molecule has 14 heavy (non-hydrogen) atoms. The van der Waals surface area contributed by atoms with Crippen LogP contribution in [-0.2, 0) is 4.74 Å². The summed E-state index contributed by atoms with van der Waals surface area (Å²) in [7, 11) is 0. The number of aliphatic hydroxyl groups excluding tert-OH is 1. The van der Waals surface area contributed by atoms with Crippen LogP contribution >= 0.6 is 0 Å². The monoisotopic (exact) mass is 206 g/mol. The quantitative estimate of drug-likeness (QED) is 0.425. The zero-order valence-corrected chi connectivity index (χ0v) is 8.69. The molecule has 0 aromatic rings. The molecule has 0 aromatic heterocycles. The van der Waals surface area contributed by atoms with Gasteiger partial charge in [0.2, 0.25) is 0 Å². The maximum absolute atomic E-state index is 10.0. The summed E-state index contributed by atoms with van der Waals surface area (Å²) in [6.45, 7) is 3.52. The lowest BCUT2D eigenvalue weighted by Gasteiger charge is -2.54. The second-order valence-corrected chi connectivity index (χ2v) is 4.48. The summed E-state index contributed by atoms with van der Waals surface area (Å²) in [5.74, 6) is 0. The van der Waals surface area contributed by atoms with Gasteiger partial charge in [-0.1, -0.05) is 0 Å². The van der Waals surface area contributed by atoms with Gasteiger partial charge in [0.05, 0.1) is 13.2 Å². The number of rotatable bonds is 1. The van der Waals surface area contributed by atoms with E-state index < -0.39 is 29.5 Å². The van der Waals surface area contributed by atoms with E-state index in [1.54, 1.807) is 0 Å². The molecule has 5 heteroatoms. The molecule has 1 fully saturated rings. The van der Waals surface area contributed by atoms with Crippen molar-refractivity contribution in [1.29, 1.82) is 0 Å². The third-order valence-electron chi connectivity index (χ3n) is 3.39. The van der Waals surface area contributed by atoms with E-state index in [4.69, 9.17) is 9.84 Å². The van der Waals surface area contributed by atoms with E-state index >= 15 is 0 Å². The average Bonchev–Trinajstić information content (AvgIpc) is 2.02. The normalized spacial score (nSPS) is 54.6. The van der Waals surface area contributed by atoms with Gasteiger partial charge in [0.25, 0.3) is 0 Å². The second-order valence-electron chi connectivity index (χ2n) is 4.48. The SMILES string of the molecule is CC1(O)COC(CO)C(C)(O)C1(C)O. The van der Waals surface area contributed by atoms with Crippen LogP contribution in [0.1, 0.15) is 20.8 Å². The van der Waals surface area contributed by atoms with Gasteiger partial charge in [-0.15, -0.1) is 0 Å². The topological polar surface area (TPSA) is 90.2 Å². The van der Waals surface area contributed by atoms with Gasteiger partial charge in [0.1, 0.15) is 22.9 Å². The second kappa shape index (κ2) is 3.15. The largest absolute Gasteiger partial charge is 0.394 e. The molecular formula is C9H18O5.